The average molecular weight is 423 g/mol. The number of aryl methyl sites for hydroxylation is 4. The molecule has 2 heterocycles. The van der Waals surface area contributed by atoms with Crippen molar-refractivity contribution < 1.29 is 9.13 Å². The van der Waals surface area contributed by atoms with E-state index in [2.05, 4.69) is 15.0 Å². The Labute approximate surface area is 178 Å². The van der Waals surface area contributed by atoms with Crippen LogP contribution in [-0.2, 0) is 6.54 Å². The van der Waals surface area contributed by atoms with Crippen LogP contribution in [-0.4, -0.2) is 19.5 Å². The normalized spacial score (nSPS) is 11.8. The van der Waals surface area contributed by atoms with Crippen molar-refractivity contribution in [2.24, 2.45) is 0 Å². The summed E-state index contributed by atoms with van der Waals surface area (Å²) in [6, 6.07) is 5.46. The van der Waals surface area contributed by atoms with Crippen LogP contribution in [0.1, 0.15) is 52.6 Å². The van der Waals surface area contributed by atoms with E-state index in [9.17, 15) is 19.2 Å². The lowest BCUT2D eigenvalue weighted by molar-refractivity contribution is 0.344. The number of nitriles is 1. The van der Waals surface area contributed by atoms with Crippen molar-refractivity contribution in [3.05, 3.63) is 78.6 Å². The molecule has 9 heteroatoms. The number of nitrogens with zero attached hydrogens (tertiary/aromatic N) is 4. The summed E-state index contributed by atoms with van der Waals surface area (Å²) in [5.41, 5.74) is 1.23. The summed E-state index contributed by atoms with van der Waals surface area (Å²) in [5, 5.41) is 9.48. The molecule has 0 aliphatic heterocycles. The maximum Gasteiger partial charge on any atom is 0.297 e. The van der Waals surface area contributed by atoms with Gasteiger partial charge in [0.1, 0.15) is 29.5 Å². The van der Waals surface area contributed by atoms with Crippen molar-refractivity contribution in [3.8, 4) is 17.6 Å². The first-order chi connectivity index (χ1) is 14.6. The zero-order valence-electron chi connectivity index (χ0n) is 17.9. The average Bonchev–Trinajstić information content (AvgIpc) is 2.68. The topological polar surface area (TPSA) is 114 Å². The van der Waals surface area contributed by atoms with Gasteiger partial charge in [0, 0.05) is 5.69 Å². The summed E-state index contributed by atoms with van der Waals surface area (Å²) in [7, 11) is 0. The van der Waals surface area contributed by atoms with Crippen molar-refractivity contribution in [2.75, 3.05) is 0 Å². The zero-order chi connectivity index (χ0) is 22.9. The van der Waals surface area contributed by atoms with Crippen LogP contribution in [0.2, 0.25) is 0 Å². The molecular formula is C22H22FN5O3. The van der Waals surface area contributed by atoms with E-state index < -0.39 is 11.7 Å². The Bertz CT molecular complexity index is 1320. The van der Waals surface area contributed by atoms with Gasteiger partial charge in [0.05, 0.1) is 24.0 Å². The smallest absolute Gasteiger partial charge is 0.297 e. The molecule has 0 bridgehead atoms. The van der Waals surface area contributed by atoms with E-state index in [1.807, 2.05) is 13.0 Å². The number of halogens is 1. The highest BCUT2D eigenvalue weighted by atomic mass is 19.1. The number of H-pyrrole nitrogens is 1. The van der Waals surface area contributed by atoms with Crippen LogP contribution in [0.3, 0.4) is 0 Å². The molecule has 0 aliphatic carbocycles. The number of ether oxygens (including phenoxy) is 1. The molecule has 0 aliphatic rings. The SMILES string of the molecule is Cc1cc(C)c(Oc2c(C(C)F)ncn(Cc3c(C)nc(C)[nH]c3=O)c2=O)c(C#N)c1. The Morgan fingerprint density at radius 2 is 1.94 bits per heavy atom. The number of hydrogen-bond donors (Lipinski definition) is 1. The summed E-state index contributed by atoms with van der Waals surface area (Å²) >= 11 is 0. The standard InChI is InChI=1S/C22H22FN5O3/c1-11-6-12(2)19(16(7-11)8-24)31-20-18(13(3)23)25-10-28(22(20)30)9-17-14(4)26-15(5)27-21(17)29/h6-7,10,13H,9H2,1-5H3,(H,26,27,29). The van der Waals surface area contributed by atoms with Gasteiger partial charge in [-0.25, -0.2) is 14.4 Å². The molecule has 0 saturated carbocycles. The highest BCUT2D eigenvalue weighted by molar-refractivity contribution is 5.52. The van der Waals surface area contributed by atoms with Crippen LogP contribution < -0.4 is 15.9 Å². The summed E-state index contributed by atoms with van der Waals surface area (Å²) in [4.78, 5) is 36.4. The van der Waals surface area contributed by atoms with Gasteiger partial charge in [0.2, 0.25) is 5.75 Å². The van der Waals surface area contributed by atoms with Crippen molar-refractivity contribution >= 4 is 0 Å². The zero-order valence-corrected chi connectivity index (χ0v) is 17.9. The number of hydrogen-bond acceptors (Lipinski definition) is 6. The minimum absolute atomic E-state index is 0.116. The second kappa shape index (κ2) is 8.52. The fraction of sp³-hybridized carbons (Fsp3) is 0.318. The summed E-state index contributed by atoms with van der Waals surface area (Å²) in [6.45, 7) is 8.02. The molecule has 0 saturated heterocycles. The molecule has 3 rings (SSSR count). The van der Waals surface area contributed by atoms with E-state index in [-0.39, 0.29) is 40.4 Å². The molecule has 0 fully saturated rings. The van der Waals surface area contributed by atoms with Crippen LogP contribution in [0.25, 0.3) is 0 Å². The molecule has 0 amide bonds. The Morgan fingerprint density at radius 1 is 1.23 bits per heavy atom. The van der Waals surface area contributed by atoms with E-state index in [0.717, 1.165) is 10.1 Å². The van der Waals surface area contributed by atoms with E-state index in [4.69, 9.17) is 4.74 Å². The summed E-state index contributed by atoms with van der Waals surface area (Å²) in [5.74, 6) is 0.300. The molecule has 1 aromatic carbocycles. The molecule has 1 unspecified atom stereocenters. The molecule has 3 aromatic rings. The van der Waals surface area contributed by atoms with Crippen molar-refractivity contribution in [1.82, 2.24) is 19.5 Å². The van der Waals surface area contributed by atoms with Crippen LogP contribution in [0, 0.1) is 39.0 Å². The second-order valence-corrected chi connectivity index (χ2v) is 7.40. The maximum absolute atomic E-state index is 14.2. The number of rotatable bonds is 5. The Morgan fingerprint density at radius 3 is 2.55 bits per heavy atom. The highest BCUT2D eigenvalue weighted by Gasteiger charge is 2.22. The predicted octanol–water partition coefficient (Wildman–Crippen LogP) is 3.30. The Balaban J connectivity index is 2.15. The molecule has 160 valence electrons. The van der Waals surface area contributed by atoms with Gasteiger partial charge in [0.25, 0.3) is 11.1 Å². The van der Waals surface area contributed by atoms with Crippen LogP contribution >= 0.6 is 0 Å². The number of benzene rings is 1. The van der Waals surface area contributed by atoms with Crippen molar-refractivity contribution in [3.63, 3.8) is 0 Å². The first-order valence-electron chi connectivity index (χ1n) is 9.61. The Hall–Kier alpha value is -3.80. The van der Waals surface area contributed by atoms with E-state index in [1.54, 1.807) is 32.9 Å². The molecule has 0 radical (unpaired) electrons. The third-order valence-corrected chi connectivity index (χ3v) is 4.81. The molecule has 0 spiro atoms. The van der Waals surface area contributed by atoms with Gasteiger partial charge in [-0.05, 0) is 51.8 Å². The van der Waals surface area contributed by atoms with Gasteiger partial charge in [-0.15, -0.1) is 0 Å². The van der Waals surface area contributed by atoms with Gasteiger partial charge >= 0.3 is 0 Å². The predicted molar refractivity (Wildman–Crippen MR) is 112 cm³/mol. The minimum atomic E-state index is -1.58. The number of aromatic amines is 1. The Kier molecular flexibility index (Phi) is 6.02. The van der Waals surface area contributed by atoms with Crippen molar-refractivity contribution in [2.45, 2.75) is 47.3 Å². The molecule has 1 N–H and O–H groups in total. The monoisotopic (exact) mass is 423 g/mol. The number of alkyl halides is 1. The lowest BCUT2D eigenvalue weighted by atomic mass is 10.1. The third kappa shape index (κ3) is 4.38. The van der Waals surface area contributed by atoms with Gasteiger partial charge < -0.3 is 9.72 Å². The molecular weight excluding hydrogens is 401 g/mol. The highest BCUT2D eigenvalue weighted by Crippen LogP contribution is 2.32. The minimum Gasteiger partial charge on any atom is -0.448 e. The van der Waals surface area contributed by atoms with Crippen molar-refractivity contribution in [1.29, 1.82) is 5.26 Å². The summed E-state index contributed by atoms with van der Waals surface area (Å²) in [6.07, 6.45) is -0.410. The van der Waals surface area contributed by atoms with Gasteiger partial charge in [-0.3, -0.25) is 14.2 Å². The van der Waals surface area contributed by atoms with E-state index in [0.29, 0.717) is 17.1 Å². The molecule has 2 aromatic heterocycles. The number of aromatic nitrogens is 4. The van der Waals surface area contributed by atoms with Crippen LogP contribution in [0.5, 0.6) is 11.5 Å². The van der Waals surface area contributed by atoms with E-state index >= 15 is 0 Å². The lowest BCUT2D eigenvalue weighted by Crippen LogP contribution is -2.28. The van der Waals surface area contributed by atoms with Gasteiger partial charge in [0.15, 0.2) is 0 Å². The largest absolute Gasteiger partial charge is 0.448 e. The molecule has 8 nitrogen and oxygen atoms in total. The van der Waals surface area contributed by atoms with Crippen LogP contribution in [0.15, 0.2) is 28.0 Å². The van der Waals surface area contributed by atoms with Gasteiger partial charge in [-0.1, -0.05) is 6.07 Å². The summed E-state index contributed by atoms with van der Waals surface area (Å²) < 4.78 is 21.2. The molecule has 31 heavy (non-hydrogen) atoms. The fourth-order valence-corrected chi connectivity index (χ4v) is 3.36. The second-order valence-electron chi connectivity index (χ2n) is 7.40. The van der Waals surface area contributed by atoms with E-state index in [1.165, 1.54) is 13.3 Å². The van der Waals surface area contributed by atoms with Crippen LogP contribution in [0.4, 0.5) is 4.39 Å². The molecule has 1 atom stereocenters. The lowest BCUT2D eigenvalue weighted by Gasteiger charge is -2.16. The third-order valence-electron chi connectivity index (χ3n) is 4.81. The quantitative estimate of drug-likeness (QED) is 0.674. The number of nitrogens with one attached hydrogen (secondary N) is 1. The first kappa shape index (κ1) is 21.9. The first-order valence-corrected chi connectivity index (χ1v) is 9.61. The fourth-order valence-electron chi connectivity index (χ4n) is 3.36. The maximum atomic E-state index is 14.2. The van der Waals surface area contributed by atoms with Gasteiger partial charge in [-0.2, -0.15) is 5.26 Å².